The minimum absolute atomic E-state index is 0.0792. The SMILES string of the molecule is N#Cc1ccc(Br)cc1NS(=O)(=O)c1cccc(F)c1N. The maximum Gasteiger partial charge on any atom is 0.264 e. The summed E-state index contributed by atoms with van der Waals surface area (Å²) in [6, 6.07) is 9.86. The van der Waals surface area contributed by atoms with E-state index in [0.29, 0.717) is 4.47 Å². The summed E-state index contributed by atoms with van der Waals surface area (Å²) in [7, 11) is -4.10. The summed E-state index contributed by atoms with van der Waals surface area (Å²) >= 11 is 3.19. The number of hydrogen-bond acceptors (Lipinski definition) is 4. The Morgan fingerprint density at radius 2 is 2.00 bits per heavy atom. The largest absolute Gasteiger partial charge is 0.395 e. The van der Waals surface area contributed by atoms with Gasteiger partial charge in [-0.1, -0.05) is 22.0 Å². The van der Waals surface area contributed by atoms with E-state index in [2.05, 4.69) is 20.7 Å². The zero-order valence-electron chi connectivity index (χ0n) is 10.5. The Morgan fingerprint density at radius 1 is 1.29 bits per heavy atom. The van der Waals surface area contributed by atoms with Crippen molar-refractivity contribution in [1.82, 2.24) is 0 Å². The third-order valence-corrected chi connectivity index (χ3v) is 4.57. The van der Waals surface area contributed by atoms with Gasteiger partial charge in [0.05, 0.1) is 16.9 Å². The summed E-state index contributed by atoms with van der Waals surface area (Å²) < 4.78 is 40.7. The second-order valence-electron chi connectivity index (χ2n) is 4.06. The molecule has 2 aromatic rings. The zero-order valence-corrected chi connectivity index (χ0v) is 12.9. The Morgan fingerprint density at radius 3 is 2.67 bits per heavy atom. The van der Waals surface area contributed by atoms with Crippen molar-refractivity contribution in [3.8, 4) is 6.07 Å². The van der Waals surface area contributed by atoms with Gasteiger partial charge in [0.2, 0.25) is 0 Å². The molecule has 0 aliphatic heterocycles. The van der Waals surface area contributed by atoms with E-state index in [0.717, 1.165) is 6.07 Å². The number of halogens is 2. The summed E-state index contributed by atoms with van der Waals surface area (Å²) in [6.07, 6.45) is 0. The number of nitrogens with two attached hydrogens (primary N) is 1. The Hall–Kier alpha value is -2.11. The molecule has 0 atom stereocenters. The molecule has 108 valence electrons. The lowest BCUT2D eigenvalue weighted by molar-refractivity contribution is 0.597. The molecule has 0 radical (unpaired) electrons. The van der Waals surface area contributed by atoms with Crippen LogP contribution in [-0.2, 0) is 10.0 Å². The van der Waals surface area contributed by atoms with Crippen molar-refractivity contribution >= 4 is 37.3 Å². The highest BCUT2D eigenvalue weighted by Crippen LogP contribution is 2.27. The number of para-hydroxylation sites is 1. The minimum atomic E-state index is -4.10. The van der Waals surface area contributed by atoms with E-state index in [9.17, 15) is 12.8 Å². The van der Waals surface area contributed by atoms with E-state index in [1.54, 1.807) is 6.07 Å². The van der Waals surface area contributed by atoms with Crippen molar-refractivity contribution in [3.63, 3.8) is 0 Å². The van der Waals surface area contributed by atoms with Crippen LogP contribution in [0.4, 0.5) is 15.8 Å². The third-order valence-electron chi connectivity index (χ3n) is 2.65. The van der Waals surface area contributed by atoms with Crippen LogP contribution in [0.5, 0.6) is 0 Å². The molecule has 0 saturated heterocycles. The average molecular weight is 370 g/mol. The van der Waals surface area contributed by atoms with Crippen LogP contribution in [0.15, 0.2) is 45.8 Å². The smallest absolute Gasteiger partial charge is 0.264 e. The van der Waals surface area contributed by atoms with Gasteiger partial charge in [-0.15, -0.1) is 0 Å². The molecule has 21 heavy (non-hydrogen) atoms. The molecule has 0 amide bonds. The monoisotopic (exact) mass is 369 g/mol. The first kappa shape index (κ1) is 15.3. The topological polar surface area (TPSA) is 96.0 Å². The molecule has 0 aliphatic rings. The predicted molar refractivity (Wildman–Crippen MR) is 80.5 cm³/mol. The van der Waals surface area contributed by atoms with Gasteiger partial charge in [0.15, 0.2) is 0 Å². The molecule has 5 nitrogen and oxygen atoms in total. The van der Waals surface area contributed by atoms with Crippen LogP contribution in [0, 0.1) is 17.1 Å². The van der Waals surface area contributed by atoms with Gasteiger partial charge >= 0.3 is 0 Å². The van der Waals surface area contributed by atoms with Gasteiger partial charge in [-0.3, -0.25) is 4.72 Å². The minimum Gasteiger partial charge on any atom is -0.395 e. The third kappa shape index (κ3) is 3.15. The lowest BCUT2D eigenvalue weighted by atomic mass is 10.2. The molecule has 0 unspecified atom stereocenters. The number of rotatable bonds is 3. The highest BCUT2D eigenvalue weighted by atomic mass is 79.9. The van der Waals surface area contributed by atoms with E-state index in [4.69, 9.17) is 11.0 Å². The standard InChI is InChI=1S/C13H9BrFN3O2S/c14-9-5-4-8(7-16)11(6-9)18-21(19,20)12-3-1-2-10(15)13(12)17/h1-6,18H,17H2. The number of hydrogen-bond donors (Lipinski definition) is 2. The first-order valence-corrected chi connectivity index (χ1v) is 7.89. The second kappa shape index (κ2) is 5.71. The van der Waals surface area contributed by atoms with Crippen molar-refractivity contribution in [1.29, 1.82) is 5.26 Å². The van der Waals surface area contributed by atoms with Crippen molar-refractivity contribution in [2.24, 2.45) is 0 Å². The first-order chi connectivity index (χ1) is 9.85. The molecule has 0 fully saturated rings. The molecule has 0 bridgehead atoms. The highest BCUT2D eigenvalue weighted by molar-refractivity contribution is 9.10. The molecule has 0 aliphatic carbocycles. The molecule has 2 aromatic carbocycles. The van der Waals surface area contributed by atoms with Crippen LogP contribution in [0.2, 0.25) is 0 Å². The molecule has 0 saturated carbocycles. The van der Waals surface area contributed by atoms with Crippen molar-refractivity contribution < 1.29 is 12.8 Å². The van der Waals surface area contributed by atoms with Gasteiger partial charge in [0.1, 0.15) is 16.8 Å². The quantitative estimate of drug-likeness (QED) is 0.812. The normalized spacial score (nSPS) is 10.9. The van der Waals surface area contributed by atoms with Gasteiger partial charge in [-0.05, 0) is 30.3 Å². The molecular weight excluding hydrogens is 361 g/mol. The van der Waals surface area contributed by atoms with Gasteiger partial charge in [0, 0.05) is 4.47 Å². The van der Waals surface area contributed by atoms with Crippen LogP contribution >= 0.6 is 15.9 Å². The van der Waals surface area contributed by atoms with Crippen molar-refractivity contribution in [2.45, 2.75) is 4.90 Å². The number of nitrogen functional groups attached to an aromatic ring is 1. The van der Waals surface area contributed by atoms with Crippen LogP contribution < -0.4 is 10.5 Å². The highest BCUT2D eigenvalue weighted by Gasteiger charge is 2.21. The van der Waals surface area contributed by atoms with E-state index < -0.39 is 21.5 Å². The predicted octanol–water partition coefficient (Wildman–Crippen LogP) is 2.84. The average Bonchev–Trinajstić information content (AvgIpc) is 2.41. The van der Waals surface area contributed by atoms with E-state index >= 15 is 0 Å². The summed E-state index contributed by atoms with van der Waals surface area (Å²) in [6.45, 7) is 0. The number of benzene rings is 2. The van der Waals surface area contributed by atoms with Gasteiger partial charge < -0.3 is 5.73 Å². The number of nitrogens with zero attached hydrogens (tertiary/aromatic N) is 1. The second-order valence-corrected chi connectivity index (χ2v) is 6.63. The van der Waals surface area contributed by atoms with Gasteiger partial charge in [0.25, 0.3) is 10.0 Å². The number of anilines is 2. The lowest BCUT2D eigenvalue weighted by Crippen LogP contribution is -2.16. The Balaban J connectivity index is 2.50. The Kier molecular flexibility index (Phi) is 4.16. The molecule has 0 heterocycles. The van der Waals surface area contributed by atoms with Crippen LogP contribution in [-0.4, -0.2) is 8.42 Å². The fourth-order valence-electron chi connectivity index (χ4n) is 1.65. The maximum atomic E-state index is 13.4. The fraction of sp³-hybridized carbons (Fsp3) is 0. The van der Waals surface area contributed by atoms with Crippen LogP contribution in [0.3, 0.4) is 0 Å². The number of sulfonamides is 1. The first-order valence-electron chi connectivity index (χ1n) is 5.61. The van der Waals surface area contributed by atoms with Gasteiger partial charge in [-0.2, -0.15) is 5.26 Å². The maximum absolute atomic E-state index is 13.4. The lowest BCUT2D eigenvalue weighted by Gasteiger charge is -2.11. The fourth-order valence-corrected chi connectivity index (χ4v) is 3.22. The Labute approximate surface area is 129 Å². The molecule has 0 aromatic heterocycles. The van der Waals surface area contributed by atoms with E-state index in [-0.39, 0.29) is 16.1 Å². The molecule has 2 rings (SSSR count). The van der Waals surface area contributed by atoms with Crippen LogP contribution in [0.25, 0.3) is 0 Å². The summed E-state index contributed by atoms with van der Waals surface area (Å²) in [5.74, 6) is -0.826. The van der Waals surface area contributed by atoms with Crippen molar-refractivity contribution in [2.75, 3.05) is 10.5 Å². The van der Waals surface area contributed by atoms with Crippen molar-refractivity contribution in [3.05, 3.63) is 52.3 Å². The van der Waals surface area contributed by atoms with E-state index in [1.165, 1.54) is 24.3 Å². The van der Waals surface area contributed by atoms with Gasteiger partial charge in [-0.25, -0.2) is 12.8 Å². The number of nitriles is 1. The van der Waals surface area contributed by atoms with Crippen LogP contribution in [0.1, 0.15) is 5.56 Å². The summed E-state index contributed by atoms with van der Waals surface area (Å²) in [4.78, 5) is -0.383. The summed E-state index contributed by atoms with van der Waals surface area (Å²) in [5, 5.41) is 8.99. The molecule has 8 heteroatoms. The Bertz CT molecular complexity index is 847. The molecule has 3 N–H and O–H groups in total. The molecular formula is C13H9BrFN3O2S. The zero-order chi connectivity index (χ0) is 15.6. The summed E-state index contributed by atoms with van der Waals surface area (Å²) in [5.41, 5.74) is 5.20. The molecule has 0 spiro atoms. The number of nitrogens with one attached hydrogen (secondary N) is 1. The van der Waals surface area contributed by atoms with E-state index in [1.807, 2.05) is 6.07 Å².